The van der Waals surface area contributed by atoms with Crippen molar-refractivity contribution in [2.45, 2.75) is 12.5 Å². The van der Waals surface area contributed by atoms with Gasteiger partial charge in [0.05, 0.1) is 19.1 Å². The summed E-state index contributed by atoms with van der Waals surface area (Å²) in [7, 11) is 1.52. The van der Waals surface area contributed by atoms with Crippen LogP contribution in [0.25, 0.3) is 11.5 Å². The molecule has 0 aliphatic heterocycles. The maximum Gasteiger partial charge on any atom is 0.229 e. The van der Waals surface area contributed by atoms with Gasteiger partial charge in [0.25, 0.3) is 0 Å². The van der Waals surface area contributed by atoms with Gasteiger partial charge in [-0.2, -0.15) is 4.98 Å². The van der Waals surface area contributed by atoms with Crippen LogP contribution in [0.5, 0.6) is 0 Å². The van der Waals surface area contributed by atoms with Gasteiger partial charge in [-0.3, -0.25) is 4.98 Å². The summed E-state index contributed by atoms with van der Waals surface area (Å²) in [6.45, 7) is 0.230. The fourth-order valence-electron chi connectivity index (χ4n) is 1.40. The largest absolute Gasteiger partial charge is 0.390 e. The van der Waals surface area contributed by atoms with Crippen LogP contribution < -0.4 is 0 Å². The molecule has 0 aromatic carbocycles. The number of nitrogens with zero attached hydrogens (tertiary/aromatic N) is 3. The van der Waals surface area contributed by atoms with Crippen molar-refractivity contribution >= 4 is 15.9 Å². The summed E-state index contributed by atoms with van der Waals surface area (Å²) < 4.78 is 10.7. The zero-order valence-corrected chi connectivity index (χ0v) is 11.3. The highest BCUT2D eigenvalue weighted by atomic mass is 79.9. The fraction of sp³-hybridized carbons (Fsp3) is 0.364. The third-order valence-electron chi connectivity index (χ3n) is 2.19. The molecule has 1 unspecified atom stereocenters. The number of aliphatic hydroxyl groups excluding tert-OH is 1. The number of methoxy groups -OCH3 is 1. The first-order valence-electron chi connectivity index (χ1n) is 5.30. The second kappa shape index (κ2) is 6.03. The Morgan fingerprint density at radius 1 is 1.50 bits per heavy atom. The lowest BCUT2D eigenvalue weighted by Crippen LogP contribution is -2.17. The maximum absolute atomic E-state index is 9.54. The van der Waals surface area contributed by atoms with Crippen LogP contribution in [0.15, 0.2) is 27.3 Å². The molecule has 2 aromatic rings. The second-order valence-corrected chi connectivity index (χ2v) is 4.60. The van der Waals surface area contributed by atoms with Crippen LogP contribution in [0.2, 0.25) is 0 Å². The number of pyridine rings is 1. The third kappa shape index (κ3) is 3.34. The minimum absolute atomic E-state index is 0.230. The van der Waals surface area contributed by atoms with E-state index in [1.165, 1.54) is 7.11 Å². The molecule has 0 saturated heterocycles. The molecule has 0 aliphatic carbocycles. The quantitative estimate of drug-likeness (QED) is 0.899. The Morgan fingerprint density at radius 3 is 3.00 bits per heavy atom. The Kier molecular flexibility index (Phi) is 4.40. The molecule has 96 valence electrons. The topological polar surface area (TPSA) is 81.3 Å². The molecule has 0 amide bonds. The van der Waals surface area contributed by atoms with Crippen molar-refractivity contribution in [2.24, 2.45) is 0 Å². The molecule has 1 N–H and O–H groups in total. The van der Waals surface area contributed by atoms with Crippen LogP contribution >= 0.6 is 15.9 Å². The second-order valence-electron chi connectivity index (χ2n) is 3.69. The minimum atomic E-state index is -0.652. The number of ether oxygens (including phenoxy) is 1. The van der Waals surface area contributed by atoms with E-state index in [1.54, 1.807) is 12.3 Å². The molecule has 1 atom stereocenters. The van der Waals surface area contributed by atoms with E-state index in [0.717, 1.165) is 4.47 Å². The zero-order valence-electron chi connectivity index (χ0n) is 9.71. The predicted molar refractivity (Wildman–Crippen MR) is 66.8 cm³/mol. The van der Waals surface area contributed by atoms with Gasteiger partial charge in [0, 0.05) is 17.8 Å². The first-order chi connectivity index (χ1) is 8.69. The van der Waals surface area contributed by atoms with Crippen molar-refractivity contribution in [3.63, 3.8) is 0 Å². The lowest BCUT2D eigenvalue weighted by Gasteiger charge is -2.04. The lowest BCUT2D eigenvalue weighted by molar-refractivity contribution is 0.0599. The molecule has 2 aromatic heterocycles. The Morgan fingerprint density at radius 2 is 2.33 bits per heavy atom. The number of hydrogen-bond acceptors (Lipinski definition) is 6. The number of hydrogen-bond donors (Lipinski definition) is 1. The van der Waals surface area contributed by atoms with E-state index < -0.39 is 6.10 Å². The Labute approximate surface area is 112 Å². The highest BCUT2D eigenvalue weighted by molar-refractivity contribution is 9.10. The van der Waals surface area contributed by atoms with Crippen molar-refractivity contribution in [3.8, 4) is 11.5 Å². The first kappa shape index (κ1) is 13.1. The molecule has 0 fully saturated rings. The molecule has 6 nitrogen and oxygen atoms in total. The van der Waals surface area contributed by atoms with Crippen molar-refractivity contribution in [2.75, 3.05) is 13.7 Å². The molecule has 0 bridgehead atoms. The summed E-state index contributed by atoms with van der Waals surface area (Å²) in [4.78, 5) is 8.32. The molecule has 18 heavy (non-hydrogen) atoms. The fourth-order valence-corrected chi connectivity index (χ4v) is 1.64. The number of aliphatic hydroxyl groups is 1. The van der Waals surface area contributed by atoms with Crippen molar-refractivity contribution < 1.29 is 14.4 Å². The molecular formula is C11H12BrN3O3. The van der Waals surface area contributed by atoms with Gasteiger partial charge in [-0.05, 0) is 28.1 Å². The van der Waals surface area contributed by atoms with Gasteiger partial charge >= 0.3 is 0 Å². The maximum atomic E-state index is 9.54. The summed E-state index contributed by atoms with van der Waals surface area (Å²) in [5.41, 5.74) is 0.620. The van der Waals surface area contributed by atoms with E-state index in [2.05, 4.69) is 31.1 Å². The van der Waals surface area contributed by atoms with Gasteiger partial charge in [0.15, 0.2) is 0 Å². The van der Waals surface area contributed by atoms with Gasteiger partial charge in [0.1, 0.15) is 5.69 Å². The Hall–Kier alpha value is -1.31. The van der Waals surface area contributed by atoms with Crippen LogP contribution in [-0.2, 0) is 11.2 Å². The van der Waals surface area contributed by atoms with Crippen molar-refractivity contribution in [1.29, 1.82) is 0 Å². The van der Waals surface area contributed by atoms with E-state index in [9.17, 15) is 5.11 Å². The molecule has 0 aliphatic rings. The Bertz CT molecular complexity index is 500. The van der Waals surface area contributed by atoms with Crippen LogP contribution in [-0.4, -0.2) is 40.1 Å². The summed E-state index contributed by atoms with van der Waals surface area (Å²) in [5, 5.41) is 13.4. The highest BCUT2D eigenvalue weighted by Crippen LogP contribution is 2.16. The van der Waals surface area contributed by atoms with Gasteiger partial charge in [-0.1, -0.05) is 5.16 Å². The summed E-state index contributed by atoms with van der Waals surface area (Å²) in [5.74, 6) is 0.765. The lowest BCUT2D eigenvalue weighted by atomic mass is 10.2. The highest BCUT2D eigenvalue weighted by Gasteiger charge is 2.13. The molecule has 7 heteroatoms. The molecule has 0 radical (unpaired) electrons. The molecular weight excluding hydrogens is 302 g/mol. The predicted octanol–water partition coefficient (Wildman–Crippen LogP) is 1.44. The monoisotopic (exact) mass is 313 g/mol. The van der Waals surface area contributed by atoms with Gasteiger partial charge in [-0.25, -0.2) is 0 Å². The van der Waals surface area contributed by atoms with Crippen LogP contribution in [0.4, 0.5) is 0 Å². The number of aromatic nitrogens is 3. The van der Waals surface area contributed by atoms with E-state index in [-0.39, 0.29) is 13.0 Å². The van der Waals surface area contributed by atoms with E-state index in [4.69, 9.17) is 9.26 Å². The minimum Gasteiger partial charge on any atom is -0.390 e. The number of rotatable bonds is 5. The SMILES string of the molecule is COCC(O)Cc1nc(-c2ccc(Br)cn2)no1. The molecule has 0 saturated carbocycles. The number of halogens is 1. The molecule has 2 heterocycles. The summed E-state index contributed by atoms with van der Waals surface area (Å²) >= 11 is 3.30. The van der Waals surface area contributed by atoms with E-state index in [1.807, 2.05) is 6.07 Å². The van der Waals surface area contributed by atoms with Gasteiger partial charge in [-0.15, -0.1) is 0 Å². The van der Waals surface area contributed by atoms with Gasteiger partial charge in [0.2, 0.25) is 11.7 Å². The smallest absolute Gasteiger partial charge is 0.229 e. The Balaban J connectivity index is 2.08. The van der Waals surface area contributed by atoms with Crippen LogP contribution in [0.3, 0.4) is 0 Å². The van der Waals surface area contributed by atoms with Crippen LogP contribution in [0, 0.1) is 0 Å². The average molecular weight is 314 g/mol. The molecule has 2 rings (SSSR count). The van der Waals surface area contributed by atoms with E-state index >= 15 is 0 Å². The van der Waals surface area contributed by atoms with Gasteiger partial charge < -0.3 is 14.4 Å². The summed E-state index contributed by atoms with van der Waals surface area (Å²) in [6, 6.07) is 3.63. The zero-order chi connectivity index (χ0) is 13.0. The van der Waals surface area contributed by atoms with Crippen LogP contribution in [0.1, 0.15) is 5.89 Å². The normalized spacial score (nSPS) is 12.6. The third-order valence-corrected chi connectivity index (χ3v) is 2.66. The van der Waals surface area contributed by atoms with Crippen molar-refractivity contribution in [3.05, 3.63) is 28.7 Å². The summed E-state index contributed by atoms with van der Waals surface area (Å²) in [6.07, 6.45) is 1.27. The van der Waals surface area contributed by atoms with E-state index in [0.29, 0.717) is 17.4 Å². The first-order valence-corrected chi connectivity index (χ1v) is 6.10. The molecule has 0 spiro atoms. The standard InChI is InChI=1S/C11H12BrN3O3/c1-17-6-8(16)4-10-14-11(15-18-10)9-3-2-7(12)5-13-9/h2-3,5,8,16H,4,6H2,1H3. The van der Waals surface area contributed by atoms with Crippen molar-refractivity contribution in [1.82, 2.24) is 15.1 Å². The average Bonchev–Trinajstić information content (AvgIpc) is 2.78.